The van der Waals surface area contributed by atoms with Crippen molar-refractivity contribution in [3.05, 3.63) is 62.7 Å². The molecule has 0 radical (unpaired) electrons. The summed E-state index contributed by atoms with van der Waals surface area (Å²) in [4.78, 5) is 3.83. The van der Waals surface area contributed by atoms with Crippen LogP contribution in [-0.2, 0) is 6.54 Å². The maximum absolute atomic E-state index is 5.47. The van der Waals surface area contributed by atoms with Gasteiger partial charge in [-0.3, -0.25) is 0 Å². The molecule has 0 atom stereocenters. The Bertz CT molecular complexity index is 1200. The zero-order valence-corrected chi connectivity index (χ0v) is 24.3. The molecule has 32 heavy (non-hydrogen) atoms. The van der Waals surface area contributed by atoms with Crippen LogP contribution in [0.4, 0.5) is 5.69 Å². The van der Waals surface area contributed by atoms with Crippen LogP contribution in [0.2, 0.25) is 0 Å². The second-order valence-corrected chi connectivity index (χ2v) is 11.1. The second kappa shape index (κ2) is 10.8. The van der Waals surface area contributed by atoms with Gasteiger partial charge in [0.15, 0.2) is 0 Å². The van der Waals surface area contributed by atoms with E-state index >= 15 is 0 Å². The van der Waals surface area contributed by atoms with Crippen LogP contribution in [0.15, 0.2) is 51.9 Å². The average Bonchev–Trinajstić information content (AvgIpc) is 3.28. The number of hydrogen-bond acceptors (Lipinski definition) is 3. The van der Waals surface area contributed by atoms with Crippen LogP contribution in [0.1, 0.15) is 42.9 Å². The number of ether oxygens (including phenoxy) is 1. The van der Waals surface area contributed by atoms with Crippen molar-refractivity contribution in [3.63, 3.8) is 0 Å². The Morgan fingerprint density at radius 1 is 1.12 bits per heavy atom. The molecule has 6 heteroatoms. The molecule has 2 heterocycles. The van der Waals surface area contributed by atoms with Crippen LogP contribution in [0, 0.1) is 13.8 Å². The molecule has 3 aromatic rings. The van der Waals surface area contributed by atoms with Crippen LogP contribution in [0.3, 0.4) is 0 Å². The average molecular weight is 625 g/mol. The number of allylic oxidation sites excluding steroid dienone is 2. The summed E-state index contributed by atoms with van der Waals surface area (Å²) in [6.07, 6.45) is 5.85. The molecular formula is C26H31IN2OSSe. The van der Waals surface area contributed by atoms with Gasteiger partial charge >= 0.3 is 197 Å². The Morgan fingerprint density at radius 3 is 2.53 bits per heavy atom. The first-order valence-electron chi connectivity index (χ1n) is 11.0. The summed E-state index contributed by atoms with van der Waals surface area (Å²) in [5, 5.41) is 1.34. The normalized spacial score (nSPS) is 14.8. The maximum Gasteiger partial charge on any atom is -1.00 e. The van der Waals surface area contributed by atoms with Crippen molar-refractivity contribution in [2.75, 3.05) is 18.6 Å². The number of fused-ring (bicyclic) bond motifs is 2. The van der Waals surface area contributed by atoms with Crippen molar-refractivity contribution in [2.24, 2.45) is 0 Å². The number of aromatic nitrogens is 1. The number of nitrogens with zero attached hydrogens (tertiary/aromatic N) is 2. The van der Waals surface area contributed by atoms with E-state index in [0.717, 1.165) is 25.3 Å². The molecule has 4 rings (SSSR count). The minimum absolute atomic E-state index is 0. The molecule has 1 aliphatic heterocycles. The Labute approximate surface area is 219 Å². The van der Waals surface area contributed by atoms with Crippen molar-refractivity contribution in [3.8, 4) is 5.75 Å². The van der Waals surface area contributed by atoms with Crippen molar-refractivity contribution in [2.45, 2.75) is 52.5 Å². The summed E-state index contributed by atoms with van der Waals surface area (Å²) in [6.45, 7) is 13.1. The fourth-order valence-corrected chi connectivity index (χ4v) is 7.76. The molecule has 0 bridgehead atoms. The topological polar surface area (TPSA) is 16.4 Å². The van der Waals surface area contributed by atoms with Gasteiger partial charge in [0, 0.05) is 0 Å². The van der Waals surface area contributed by atoms with E-state index in [1.807, 2.05) is 11.8 Å². The minimum Gasteiger partial charge on any atom is -1.00 e. The minimum atomic E-state index is 0. The summed E-state index contributed by atoms with van der Waals surface area (Å²) < 4.78 is 10.8. The zero-order valence-electron chi connectivity index (χ0n) is 19.7. The molecule has 1 aliphatic rings. The molecule has 0 spiro atoms. The van der Waals surface area contributed by atoms with E-state index in [-0.39, 0.29) is 24.0 Å². The Hall–Kier alpha value is -1.21. The predicted molar refractivity (Wildman–Crippen MR) is 134 cm³/mol. The van der Waals surface area contributed by atoms with Crippen molar-refractivity contribution in [1.29, 1.82) is 0 Å². The van der Waals surface area contributed by atoms with Gasteiger partial charge in [-0.15, -0.1) is 0 Å². The Kier molecular flexibility index (Phi) is 8.59. The smallest absolute Gasteiger partial charge is 1.00 e. The number of aryl methyl sites for hydroxylation is 3. The van der Waals surface area contributed by atoms with E-state index in [9.17, 15) is 0 Å². The molecule has 1 aromatic heterocycles. The zero-order chi connectivity index (χ0) is 22.1. The van der Waals surface area contributed by atoms with Crippen molar-refractivity contribution in [1.82, 2.24) is 0 Å². The van der Waals surface area contributed by atoms with E-state index < -0.39 is 0 Å². The van der Waals surface area contributed by atoms with Crippen LogP contribution in [-0.4, -0.2) is 28.2 Å². The van der Waals surface area contributed by atoms with Gasteiger partial charge in [-0.25, -0.2) is 0 Å². The Balaban J connectivity index is 0.00000289. The van der Waals surface area contributed by atoms with E-state index in [0.29, 0.717) is 14.5 Å². The molecule has 0 N–H and O–H groups in total. The summed E-state index contributed by atoms with van der Waals surface area (Å²) >= 11 is 2.22. The van der Waals surface area contributed by atoms with Gasteiger partial charge in [0.25, 0.3) is 0 Å². The van der Waals surface area contributed by atoms with Gasteiger partial charge in [-0.2, -0.15) is 0 Å². The van der Waals surface area contributed by atoms with E-state index in [1.54, 1.807) is 7.11 Å². The fraction of sp³-hybridized carbons (Fsp3) is 0.346. The number of rotatable bonds is 6. The summed E-state index contributed by atoms with van der Waals surface area (Å²) in [6, 6.07) is 11.2. The number of anilines is 1. The predicted octanol–water partition coefficient (Wildman–Crippen LogP) is 3.10. The molecule has 3 nitrogen and oxygen atoms in total. The fourth-order valence-electron chi connectivity index (χ4n) is 3.99. The van der Waals surface area contributed by atoms with Gasteiger partial charge in [0.05, 0.1) is 0 Å². The van der Waals surface area contributed by atoms with Gasteiger partial charge in [0.2, 0.25) is 0 Å². The third-order valence-electron chi connectivity index (χ3n) is 5.94. The third-order valence-corrected chi connectivity index (χ3v) is 9.37. The molecule has 0 aliphatic carbocycles. The van der Waals surface area contributed by atoms with E-state index in [4.69, 9.17) is 4.74 Å². The first-order chi connectivity index (χ1) is 15.0. The SMILES string of the molecule is CCC(=C/c1[se]c2ccc(OC)cc2[n+]1CC)/C=C1\Sc2cc(C)c(C)cc2N1CC.[I-]. The quantitative estimate of drug-likeness (QED) is 0.238. The summed E-state index contributed by atoms with van der Waals surface area (Å²) in [5.41, 5.74) is 6.77. The van der Waals surface area contributed by atoms with Crippen LogP contribution >= 0.6 is 11.8 Å². The number of thioether (sulfide) groups is 1. The molecule has 0 saturated carbocycles. The summed E-state index contributed by atoms with van der Waals surface area (Å²) in [5.74, 6) is 0.931. The van der Waals surface area contributed by atoms with Crippen molar-refractivity contribution >= 4 is 47.8 Å². The van der Waals surface area contributed by atoms with Gasteiger partial charge in [-0.1, -0.05) is 0 Å². The Morgan fingerprint density at radius 2 is 1.88 bits per heavy atom. The van der Waals surface area contributed by atoms with Crippen LogP contribution < -0.4 is 38.2 Å². The first kappa shape index (κ1) is 25.4. The second-order valence-electron chi connectivity index (χ2n) is 7.82. The van der Waals surface area contributed by atoms with Gasteiger partial charge < -0.3 is 24.0 Å². The number of hydrogen-bond donors (Lipinski definition) is 0. The number of halogens is 1. The van der Waals surface area contributed by atoms with Crippen LogP contribution in [0.25, 0.3) is 15.9 Å². The van der Waals surface area contributed by atoms with E-state index in [2.05, 4.69) is 86.6 Å². The molecular weight excluding hydrogens is 594 g/mol. The molecule has 170 valence electrons. The molecule has 2 aromatic carbocycles. The maximum atomic E-state index is 5.47. The van der Waals surface area contributed by atoms with Gasteiger partial charge in [0.1, 0.15) is 0 Å². The van der Waals surface area contributed by atoms with Gasteiger partial charge in [-0.05, 0) is 0 Å². The monoisotopic (exact) mass is 626 g/mol. The molecule has 0 saturated heterocycles. The molecule has 0 fully saturated rings. The third kappa shape index (κ3) is 4.84. The largest absolute Gasteiger partial charge is 1.00 e. The number of benzene rings is 2. The number of methoxy groups -OCH3 is 1. The molecule has 0 amide bonds. The standard InChI is InChI=1S/C26H31N2OSSe.HI/c1-7-19(14-25-27(8-2)21-12-17(4)18(5)13-23(21)30-25)15-26-28(9-3)22-16-20(29-6)10-11-24(22)31-26;/h10-16H,7-9H2,1-6H3;1H/q+1;/p-1. The van der Waals surface area contributed by atoms with Crippen molar-refractivity contribution < 1.29 is 33.3 Å². The van der Waals surface area contributed by atoms with Crippen LogP contribution in [0.5, 0.6) is 5.75 Å². The molecule has 0 unspecified atom stereocenters. The first-order valence-corrected chi connectivity index (χ1v) is 13.5. The summed E-state index contributed by atoms with van der Waals surface area (Å²) in [7, 11) is 1.74. The van der Waals surface area contributed by atoms with E-state index in [1.165, 1.54) is 46.7 Å².